The molecule has 1 atom stereocenters. The van der Waals surface area contributed by atoms with E-state index in [0.29, 0.717) is 22.0 Å². The molecule has 2 aromatic rings. The van der Waals surface area contributed by atoms with Crippen molar-refractivity contribution in [3.63, 3.8) is 0 Å². The number of hydrogen-bond donors (Lipinski definition) is 2. The van der Waals surface area contributed by atoms with Crippen molar-refractivity contribution < 1.29 is 14.3 Å². The molecule has 2 N–H and O–H groups in total. The highest BCUT2D eigenvalue weighted by Crippen LogP contribution is 2.25. The molecule has 0 fully saturated rings. The minimum absolute atomic E-state index is 0.0565. The highest BCUT2D eigenvalue weighted by atomic mass is 35.5. The zero-order chi connectivity index (χ0) is 20.0. The van der Waals surface area contributed by atoms with E-state index in [-0.39, 0.29) is 24.5 Å². The quantitative estimate of drug-likeness (QED) is 0.733. The van der Waals surface area contributed by atoms with Crippen LogP contribution in [0.1, 0.15) is 41.8 Å². The number of carbonyl (C=O) groups is 2. The topological polar surface area (TPSA) is 67.4 Å². The minimum atomic E-state index is -0.343. The lowest BCUT2D eigenvalue weighted by Crippen LogP contribution is -2.33. The minimum Gasteiger partial charge on any atom is -0.484 e. The Morgan fingerprint density at radius 3 is 2.41 bits per heavy atom. The molecule has 5 nitrogen and oxygen atoms in total. The highest BCUT2D eigenvalue weighted by Gasteiger charge is 2.15. The number of anilines is 1. The van der Waals surface area contributed by atoms with Crippen molar-refractivity contribution in [2.45, 2.75) is 40.2 Å². The Kier molecular flexibility index (Phi) is 7.25. The van der Waals surface area contributed by atoms with Crippen LogP contribution in [0.5, 0.6) is 5.75 Å². The second-order valence-corrected chi connectivity index (χ2v) is 6.91. The summed E-state index contributed by atoms with van der Waals surface area (Å²) in [5.74, 6) is 0.0153. The van der Waals surface area contributed by atoms with Crippen LogP contribution in [0.2, 0.25) is 5.02 Å². The molecule has 0 heterocycles. The van der Waals surface area contributed by atoms with Crippen molar-refractivity contribution in [1.82, 2.24) is 5.32 Å². The molecule has 0 unspecified atom stereocenters. The summed E-state index contributed by atoms with van der Waals surface area (Å²) in [7, 11) is 0. The van der Waals surface area contributed by atoms with Gasteiger partial charge in [-0.05, 0) is 62.6 Å². The first-order valence-corrected chi connectivity index (χ1v) is 9.28. The van der Waals surface area contributed by atoms with Gasteiger partial charge in [-0.2, -0.15) is 0 Å². The maximum atomic E-state index is 12.4. The van der Waals surface area contributed by atoms with Gasteiger partial charge in [-0.25, -0.2) is 0 Å². The van der Waals surface area contributed by atoms with Crippen LogP contribution in [0.3, 0.4) is 0 Å². The van der Waals surface area contributed by atoms with Gasteiger partial charge in [0.1, 0.15) is 5.75 Å². The van der Waals surface area contributed by atoms with Crippen molar-refractivity contribution in [3.05, 3.63) is 58.1 Å². The summed E-state index contributed by atoms with van der Waals surface area (Å²) in [6.45, 7) is 7.53. The van der Waals surface area contributed by atoms with E-state index in [4.69, 9.17) is 16.3 Å². The van der Waals surface area contributed by atoms with E-state index in [1.54, 1.807) is 36.4 Å². The number of hydrogen-bond acceptors (Lipinski definition) is 3. The number of benzene rings is 2. The van der Waals surface area contributed by atoms with E-state index in [1.165, 1.54) is 0 Å². The Morgan fingerprint density at radius 2 is 1.78 bits per heavy atom. The Hall–Kier alpha value is -2.53. The maximum Gasteiger partial charge on any atom is 0.262 e. The average molecular weight is 389 g/mol. The highest BCUT2D eigenvalue weighted by molar-refractivity contribution is 6.32. The van der Waals surface area contributed by atoms with E-state index in [9.17, 15) is 9.59 Å². The molecule has 144 valence electrons. The molecule has 0 aliphatic heterocycles. The molecule has 2 amide bonds. The fraction of sp³-hybridized carbons (Fsp3) is 0.333. The Balaban J connectivity index is 2.03. The van der Waals surface area contributed by atoms with E-state index < -0.39 is 0 Å². The summed E-state index contributed by atoms with van der Waals surface area (Å²) < 4.78 is 5.57. The van der Waals surface area contributed by atoms with Crippen LogP contribution < -0.4 is 15.4 Å². The average Bonchev–Trinajstić information content (AvgIpc) is 2.64. The SMILES string of the molecule is CC[C@@H](C)NC(=O)c1ccccc1NC(=O)COc1cc(C)c(Cl)c(C)c1. The van der Waals surface area contributed by atoms with Gasteiger partial charge >= 0.3 is 0 Å². The van der Waals surface area contributed by atoms with Crippen molar-refractivity contribution in [3.8, 4) is 5.75 Å². The Bertz CT molecular complexity index is 813. The molecule has 0 spiro atoms. The first-order valence-electron chi connectivity index (χ1n) is 8.91. The lowest BCUT2D eigenvalue weighted by Gasteiger charge is -2.15. The van der Waals surface area contributed by atoms with Crippen molar-refractivity contribution in [2.24, 2.45) is 0 Å². The standard InChI is InChI=1S/C21H25ClN2O3/c1-5-15(4)23-21(26)17-8-6-7-9-18(17)24-19(25)12-27-16-10-13(2)20(22)14(3)11-16/h6-11,15H,5,12H2,1-4H3,(H,23,26)(H,24,25)/t15-/m1/s1. The number of rotatable bonds is 7. The normalized spacial score (nSPS) is 11.6. The molecule has 2 rings (SSSR count). The molecule has 0 aromatic heterocycles. The molecule has 0 aliphatic carbocycles. The van der Waals surface area contributed by atoms with Gasteiger partial charge in [-0.3, -0.25) is 9.59 Å². The summed E-state index contributed by atoms with van der Waals surface area (Å²) in [5, 5.41) is 6.33. The third-order valence-corrected chi connectivity index (χ3v) is 4.81. The zero-order valence-electron chi connectivity index (χ0n) is 16.1. The van der Waals surface area contributed by atoms with Crippen LogP contribution in [0, 0.1) is 13.8 Å². The summed E-state index contributed by atoms with van der Waals surface area (Å²) in [6, 6.07) is 10.5. The largest absolute Gasteiger partial charge is 0.484 e. The molecule has 0 bridgehead atoms. The fourth-order valence-electron chi connectivity index (χ4n) is 2.52. The summed E-state index contributed by atoms with van der Waals surface area (Å²) in [5.41, 5.74) is 2.65. The van der Waals surface area contributed by atoms with Crippen LogP contribution in [-0.2, 0) is 4.79 Å². The third kappa shape index (κ3) is 5.73. The molecule has 0 saturated heterocycles. The van der Waals surface area contributed by atoms with Crippen LogP contribution in [0.25, 0.3) is 0 Å². The number of nitrogens with one attached hydrogen (secondary N) is 2. The van der Waals surface area contributed by atoms with Gasteiger partial charge in [-0.1, -0.05) is 30.7 Å². The fourth-order valence-corrected chi connectivity index (χ4v) is 2.63. The van der Waals surface area contributed by atoms with Crippen LogP contribution in [0.4, 0.5) is 5.69 Å². The lowest BCUT2D eigenvalue weighted by molar-refractivity contribution is -0.118. The van der Waals surface area contributed by atoms with Crippen molar-refractivity contribution >= 4 is 29.1 Å². The van der Waals surface area contributed by atoms with E-state index in [0.717, 1.165) is 17.5 Å². The molecule has 27 heavy (non-hydrogen) atoms. The summed E-state index contributed by atoms with van der Waals surface area (Å²) in [6.07, 6.45) is 0.827. The van der Waals surface area contributed by atoms with Gasteiger partial charge in [0.2, 0.25) is 0 Å². The lowest BCUT2D eigenvalue weighted by atomic mass is 10.1. The molecule has 0 aliphatic rings. The molecule has 0 radical (unpaired) electrons. The first kappa shape index (κ1) is 20.8. The van der Waals surface area contributed by atoms with Gasteiger partial charge in [0, 0.05) is 11.1 Å². The van der Waals surface area contributed by atoms with E-state index >= 15 is 0 Å². The molecular formula is C21H25ClN2O3. The zero-order valence-corrected chi connectivity index (χ0v) is 16.8. The predicted octanol–water partition coefficient (Wildman–Crippen LogP) is 4.50. The summed E-state index contributed by atoms with van der Waals surface area (Å²) in [4.78, 5) is 24.7. The number of ether oxygens (including phenoxy) is 1. The maximum absolute atomic E-state index is 12.4. The van der Waals surface area contributed by atoms with Gasteiger partial charge in [0.15, 0.2) is 6.61 Å². The monoisotopic (exact) mass is 388 g/mol. The predicted molar refractivity (Wildman–Crippen MR) is 109 cm³/mol. The van der Waals surface area contributed by atoms with Crippen LogP contribution in [-0.4, -0.2) is 24.5 Å². The first-order chi connectivity index (χ1) is 12.8. The Labute approximate surface area is 165 Å². The number of aryl methyl sites for hydroxylation is 2. The third-order valence-electron chi connectivity index (χ3n) is 4.22. The van der Waals surface area contributed by atoms with E-state index in [1.807, 2.05) is 27.7 Å². The second-order valence-electron chi connectivity index (χ2n) is 6.54. The number of para-hydroxylation sites is 1. The van der Waals surface area contributed by atoms with Gasteiger partial charge < -0.3 is 15.4 Å². The van der Waals surface area contributed by atoms with Gasteiger partial charge in [0.05, 0.1) is 11.3 Å². The number of carbonyl (C=O) groups excluding carboxylic acids is 2. The molecular weight excluding hydrogens is 364 g/mol. The smallest absolute Gasteiger partial charge is 0.262 e. The van der Waals surface area contributed by atoms with Crippen LogP contribution >= 0.6 is 11.6 Å². The number of amides is 2. The molecule has 6 heteroatoms. The Morgan fingerprint density at radius 1 is 1.15 bits per heavy atom. The molecule has 0 saturated carbocycles. The van der Waals surface area contributed by atoms with Crippen LogP contribution in [0.15, 0.2) is 36.4 Å². The van der Waals surface area contributed by atoms with Gasteiger partial charge in [-0.15, -0.1) is 0 Å². The van der Waals surface area contributed by atoms with Crippen molar-refractivity contribution in [1.29, 1.82) is 0 Å². The van der Waals surface area contributed by atoms with E-state index in [2.05, 4.69) is 10.6 Å². The van der Waals surface area contributed by atoms with Gasteiger partial charge in [0.25, 0.3) is 11.8 Å². The number of halogens is 1. The van der Waals surface area contributed by atoms with Crippen molar-refractivity contribution in [2.75, 3.05) is 11.9 Å². The second kappa shape index (κ2) is 9.42. The summed E-state index contributed by atoms with van der Waals surface area (Å²) >= 11 is 6.14. The molecule has 2 aromatic carbocycles.